The van der Waals surface area contributed by atoms with Gasteiger partial charge in [-0.3, -0.25) is 0 Å². The van der Waals surface area contributed by atoms with Crippen molar-refractivity contribution in [1.29, 1.82) is 0 Å². The summed E-state index contributed by atoms with van der Waals surface area (Å²) in [7, 11) is 0. The first-order valence-corrected chi connectivity index (χ1v) is 6.50. The van der Waals surface area contributed by atoms with Gasteiger partial charge in [0, 0.05) is 0 Å². The van der Waals surface area contributed by atoms with Crippen LogP contribution in [-0.4, -0.2) is 5.11 Å². The summed E-state index contributed by atoms with van der Waals surface area (Å²) in [6, 6.07) is 8.55. The first-order chi connectivity index (χ1) is 7.72. The van der Waals surface area contributed by atoms with Crippen LogP contribution in [0.2, 0.25) is 0 Å². The van der Waals surface area contributed by atoms with E-state index in [9.17, 15) is 5.11 Å². The van der Waals surface area contributed by atoms with Crippen LogP contribution in [0.5, 0.6) is 0 Å². The summed E-state index contributed by atoms with van der Waals surface area (Å²) in [5.41, 5.74) is 2.48. The molecule has 88 valence electrons. The largest absolute Gasteiger partial charge is 0.388 e. The first-order valence-electron chi connectivity index (χ1n) is 6.50. The minimum Gasteiger partial charge on any atom is -0.388 e. The lowest BCUT2D eigenvalue weighted by atomic mass is 9.78. The van der Waals surface area contributed by atoms with Crippen molar-refractivity contribution < 1.29 is 5.11 Å². The highest BCUT2D eigenvalue weighted by molar-refractivity contribution is 5.26. The lowest BCUT2D eigenvalue weighted by Crippen LogP contribution is -2.19. The maximum atomic E-state index is 10.1. The monoisotopic (exact) mass is 218 g/mol. The molecule has 2 atom stereocenters. The van der Waals surface area contributed by atoms with E-state index in [1.54, 1.807) is 0 Å². The second-order valence-electron chi connectivity index (χ2n) is 5.11. The van der Waals surface area contributed by atoms with Crippen molar-refractivity contribution in [1.82, 2.24) is 0 Å². The molecular formula is C15H22O. The van der Waals surface area contributed by atoms with E-state index in [0.717, 1.165) is 5.56 Å². The minimum absolute atomic E-state index is 0.236. The zero-order chi connectivity index (χ0) is 11.5. The molecule has 1 N–H and O–H groups in total. The van der Waals surface area contributed by atoms with Gasteiger partial charge >= 0.3 is 0 Å². The molecule has 1 aliphatic carbocycles. The van der Waals surface area contributed by atoms with Gasteiger partial charge in [0.05, 0.1) is 6.10 Å². The van der Waals surface area contributed by atoms with Crippen LogP contribution in [-0.2, 0) is 0 Å². The van der Waals surface area contributed by atoms with Crippen molar-refractivity contribution in [2.75, 3.05) is 0 Å². The Balaban J connectivity index is 2.06. The molecule has 0 bridgehead atoms. The van der Waals surface area contributed by atoms with Crippen molar-refractivity contribution in [3.63, 3.8) is 0 Å². The van der Waals surface area contributed by atoms with Gasteiger partial charge in [-0.1, -0.05) is 44.5 Å². The van der Waals surface area contributed by atoms with E-state index in [0.29, 0.717) is 11.8 Å². The summed E-state index contributed by atoms with van der Waals surface area (Å²) in [6.07, 6.45) is 4.60. The molecule has 1 nitrogen and oxygen atoms in total. The summed E-state index contributed by atoms with van der Waals surface area (Å²) in [6.45, 7) is 4.46. The number of benzene rings is 1. The average Bonchev–Trinajstić information content (AvgIpc) is 2.26. The van der Waals surface area contributed by atoms with E-state index in [4.69, 9.17) is 0 Å². The lowest BCUT2D eigenvalue weighted by molar-refractivity contribution is 0.0621. The van der Waals surface area contributed by atoms with Gasteiger partial charge < -0.3 is 5.11 Å². The molecule has 0 radical (unpaired) electrons. The average molecular weight is 218 g/mol. The molecular weight excluding hydrogens is 196 g/mol. The molecule has 1 aromatic rings. The van der Waals surface area contributed by atoms with Gasteiger partial charge in [-0.2, -0.15) is 0 Å². The molecule has 0 amide bonds. The van der Waals surface area contributed by atoms with E-state index >= 15 is 0 Å². The van der Waals surface area contributed by atoms with E-state index in [1.165, 1.54) is 31.2 Å². The molecule has 16 heavy (non-hydrogen) atoms. The molecule has 1 heteroatoms. The number of hydrogen-bond acceptors (Lipinski definition) is 1. The number of rotatable bonds is 4. The number of hydrogen-bond donors (Lipinski definition) is 1. The molecule has 0 aliphatic heterocycles. The van der Waals surface area contributed by atoms with Crippen LogP contribution in [0, 0.1) is 5.92 Å². The zero-order valence-corrected chi connectivity index (χ0v) is 10.3. The Bertz CT molecular complexity index is 324. The normalized spacial score (nSPS) is 20.2. The van der Waals surface area contributed by atoms with Gasteiger partial charge in [0.2, 0.25) is 0 Å². The summed E-state index contributed by atoms with van der Waals surface area (Å²) in [5, 5.41) is 10.1. The predicted octanol–water partition coefficient (Wildman–Crippen LogP) is 4.03. The molecule has 2 rings (SSSR count). The van der Waals surface area contributed by atoms with Crippen LogP contribution in [0.25, 0.3) is 0 Å². The van der Waals surface area contributed by atoms with Gasteiger partial charge in [0.15, 0.2) is 0 Å². The molecule has 1 fully saturated rings. The third-order valence-electron chi connectivity index (χ3n) is 4.06. The Morgan fingerprint density at radius 3 is 2.19 bits per heavy atom. The van der Waals surface area contributed by atoms with Crippen molar-refractivity contribution in [3.8, 4) is 0 Å². The van der Waals surface area contributed by atoms with E-state index in [2.05, 4.69) is 38.1 Å². The summed E-state index contributed by atoms with van der Waals surface area (Å²) >= 11 is 0. The van der Waals surface area contributed by atoms with E-state index in [1.807, 2.05) is 0 Å². The molecule has 0 saturated heterocycles. The smallest absolute Gasteiger partial charge is 0.0818 e. The van der Waals surface area contributed by atoms with Crippen LogP contribution < -0.4 is 0 Å². The fourth-order valence-corrected chi connectivity index (χ4v) is 2.29. The van der Waals surface area contributed by atoms with Crippen LogP contribution >= 0.6 is 0 Å². The SMILES string of the molecule is CCC(C)c1ccc(C(O)C2CCC2)cc1. The Kier molecular flexibility index (Phi) is 3.65. The molecule has 0 spiro atoms. The van der Waals surface area contributed by atoms with Crippen molar-refractivity contribution >= 4 is 0 Å². The number of aliphatic hydroxyl groups is 1. The highest BCUT2D eigenvalue weighted by Crippen LogP contribution is 2.37. The Morgan fingerprint density at radius 1 is 1.19 bits per heavy atom. The molecule has 0 heterocycles. The van der Waals surface area contributed by atoms with E-state index in [-0.39, 0.29) is 6.10 Å². The third-order valence-corrected chi connectivity index (χ3v) is 4.06. The highest BCUT2D eigenvalue weighted by atomic mass is 16.3. The van der Waals surface area contributed by atoms with Crippen molar-refractivity contribution in [2.24, 2.45) is 5.92 Å². The molecule has 2 unspecified atom stereocenters. The van der Waals surface area contributed by atoms with Gasteiger partial charge in [-0.15, -0.1) is 0 Å². The molecule has 1 saturated carbocycles. The van der Waals surface area contributed by atoms with Crippen LogP contribution in [0.1, 0.15) is 62.7 Å². The summed E-state index contributed by atoms with van der Waals surface area (Å²) in [4.78, 5) is 0. The predicted molar refractivity (Wildman–Crippen MR) is 67.4 cm³/mol. The van der Waals surface area contributed by atoms with Gasteiger partial charge in [-0.25, -0.2) is 0 Å². The quantitative estimate of drug-likeness (QED) is 0.808. The molecule has 1 aromatic carbocycles. The van der Waals surface area contributed by atoms with Crippen molar-refractivity contribution in [2.45, 2.75) is 51.6 Å². The minimum atomic E-state index is -0.236. The van der Waals surface area contributed by atoms with Gasteiger partial charge in [-0.05, 0) is 42.2 Å². The highest BCUT2D eigenvalue weighted by Gasteiger charge is 2.26. The standard InChI is InChI=1S/C15H22O/c1-3-11(2)12-7-9-14(10-8-12)15(16)13-5-4-6-13/h7-11,13,15-16H,3-6H2,1-2H3. The van der Waals surface area contributed by atoms with Crippen LogP contribution in [0.15, 0.2) is 24.3 Å². The Labute approximate surface area is 98.5 Å². The summed E-state index contributed by atoms with van der Waals surface area (Å²) in [5.74, 6) is 1.13. The second kappa shape index (κ2) is 5.01. The van der Waals surface area contributed by atoms with Crippen LogP contribution in [0.3, 0.4) is 0 Å². The fraction of sp³-hybridized carbons (Fsp3) is 0.600. The van der Waals surface area contributed by atoms with Gasteiger partial charge in [0.1, 0.15) is 0 Å². The second-order valence-corrected chi connectivity index (χ2v) is 5.11. The third kappa shape index (κ3) is 2.30. The summed E-state index contributed by atoms with van der Waals surface area (Å²) < 4.78 is 0. The van der Waals surface area contributed by atoms with Gasteiger partial charge in [0.25, 0.3) is 0 Å². The Morgan fingerprint density at radius 2 is 1.75 bits per heavy atom. The maximum absolute atomic E-state index is 10.1. The fourth-order valence-electron chi connectivity index (χ4n) is 2.29. The maximum Gasteiger partial charge on any atom is 0.0818 e. The van der Waals surface area contributed by atoms with Crippen molar-refractivity contribution in [3.05, 3.63) is 35.4 Å². The van der Waals surface area contributed by atoms with E-state index < -0.39 is 0 Å². The molecule has 1 aliphatic rings. The number of aliphatic hydroxyl groups excluding tert-OH is 1. The Hall–Kier alpha value is -0.820. The first kappa shape index (κ1) is 11.7. The zero-order valence-electron chi connectivity index (χ0n) is 10.3. The lowest BCUT2D eigenvalue weighted by Gasteiger charge is -2.30. The topological polar surface area (TPSA) is 20.2 Å². The van der Waals surface area contributed by atoms with Crippen LogP contribution in [0.4, 0.5) is 0 Å². The molecule has 0 aromatic heterocycles.